The highest BCUT2D eigenvalue weighted by atomic mass is 32.1. The molecule has 114 valence electrons. The van der Waals surface area contributed by atoms with E-state index in [1.807, 2.05) is 0 Å². The third kappa shape index (κ3) is 7.74. The molecule has 9 heteroatoms. The van der Waals surface area contributed by atoms with E-state index in [0.717, 1.165) is 0 Å². The molecule has 4 N–H and O–H groups in total. The molecule has 0 aliphatic carbocycles. The molecule has 0 aromatic rings. The van der Waals surface area contributed by atoms with Gasteiger partial charge in [0.2, 0.25) is 5.91 Å². The predicted molar refractivity (Wildman–Crippen MR) is 70.5 cm³/mol. The van der Waals surface area contributed by atoms with Crippen LogP contribution in [0.4, 0.5) is 0 Å². The molecular formula is C11H17NO7S. The van der Waals surface area contributed by atoms with Crippen LogP contribution in [0.25, 0.3) is 0 Å². The third-order valence-electron chi connectivity index (χ3n) is 2.42. The standard InChI is InChI=1S/C11H17NO7S/c13-7(2-4-10(16)17)6(5-20)12-9(15)3-1-8(14)11(18)19/h6,8,14,20H,1-5H2,(H,12,15)(H,16,17)(H,18,19)/t6-,8-/m0/s1. The van der Waals surface area contributed by atoms with Crippen LogP contribution in [0.2, 0.25) is 0 Å². The topological polar surface area (TPSA) is 141 Å². The van der Waals surface area contributed by atoms with Crippen molar-refractivity contribution in [1.29, 1.82) is 0 Å². The lowest BCUT2D eigenvalue weighted by Gasteiger charge is -2.15. The number of aliphatic hydroxyl groups excluding tert-OH is 1. The van der Waals surface area contributed by atoms with Crippen molar-refractivity contribution in [2.24, 2.45) is 0 Å². The van der Waals surface area contributed by atoms with Gasteiger partial charge in [0.1, 0.15) is 0 Å². The molecule has 0 aliphatic rings. The summed E-state index contributed by atoms with van der Waals surface area (Å²) in [7, 11) is 0. The number of thiol groups is 1. The Labute approximate surface area is 120 Å². The molecular weight excluding hydrogens is 290 g/mol. The number of aliphatic hydroxyl groups is 1. The SMILES string of the molecule is O=C(O)CCC(=O)[C@H](CS)NC(=O)CC[C@H](O)C(=O)O. The van der Waals surface area contributed by atoms with Crippen LogP contribution in [0.5, 0.6) is 0 Å². The van der Waals surface area contributed by atoms with E-state index in [1.54, 1.807) is 0 Å². The summed E-state index contributed by atoms with van der Waals surface area (Å²) in [6.07, 6.45) is -2.74. The average Bonchev–Trinajstić information content (AvgIpc) is 2.38. The van der Waals surface area contributed by atoms with E-state index in [-0.39, 0.29) is 31.4 Å². The normalized spacial score (nSPS) is 13.3. The lowest BCUT2D eigenvalue weighted by molar-refractivity contribution is -0.147. The zero-order chi connectivity index (χ0) is 15.7. The van der Waals surface area contributed by atoms with Crippen molar-refractivity contribution < 1.29 is 34.5 Å². The minimum atomic E-state index is -1.64. The average molecular weight is 307 g/mol. The first kappa shape index (κ1) is 18.4. The van der Waals surface area contributed by atoms with E-state index in [1.165, 1.54) is 0 Å². The van der Waals surface area contributed by atoms with Gasteiger partial charge in [-0.1, -0.05) is 0 Å². The lowest BCUT2D eigenvalue weighted by Crippen LogP contribution is -2.42. The van der Waals surface area contributed by atoms with Crippen molar-refractivity contribution in [3.8, 4) is 0 Å². The highest BCUT2D eigenvalue weighted by molar-refractivity contribution is 7.80. The van der Waals surface area contributed by atoms with Crippen LogP contribution in [0.1, 0.15) is 25.7 Å². The van der Waals surface area contributed by atoms with Gasteiger partial charge in [-0.05, 0) is 6.42 Å². The van der Waals surface area contributed by atoms with E-state index in [2.05, 4.69) is 17.9 Å². The summed E-state index contributed by atoms with van der Waals surface area (Å²) < 4.78 is 0. The zero-order valence-corrected chi connectivity index (χ0v) is 11.5. The molecule has 0 bridgehead atoms. The molecule has 0 unspecified atom stereocenters. The summed E-state index contributed by atoms with van der Waals surface area (Å²) in [5.41, 5.74) is 0. The van der Waals surface area contributed by atoms with Crippen LogP contribution < -0.4 is 5.32 Å². The van der Waals surface area contributed by atoms with Gasteiger partial charge < -0.3 is 20.6 Å². The number of hydrogen-bond donors (Lipinski definition) is 5. The molecule has 8 nitrogen and oxygen atoms in total. The number of carbonyl (C=O) groups is 4. The number of aliphatic carboxylic acids is 2. The van der Waals surface area contributed by atoms with Crippen LogP contribution in [0, 0.1) is 0 Å². The van der Waals surface area contributed by atoms with Crippen molar-refractivity contribution in [1.82, 2.24) is 5.32 Å². The van der Waals surface area contributed by atoms with E-state index >= 15 is 0 Å². The number of carbonyl (C=O) groups excluding carboxylic acids is 2. The smallest absolute Gasteiger partial charge is 0.332 e. The van der Waals surface area contributed by atoms with Crippen molar-refractivity contribution in [3.05, 3.63) is 0 Å². The van der Waals surface area contributed by atoms with Gasteiger partial charge in [0.25, 0.3) is 0 Å². The summed E-state index contributed by atoms with van der Waals surface area (Å²) in [5.74, 6) is -3.61. The molecule has 0 radical (unpaired) electrons. The molecule has 0 fully saturated rings. The first-order valence-corrected chi connectivity index (χ1v) is 6.46. The summed E-state index contributed by atoms with van der Waals surface area (Å²) >= 11 is 3.89. The van der Waals surface area contributed by atoms with Crippen molar-refractivity contribution >= 4 is 36.3 Å². The maximum Gasteiger partial charge on any atom is 0.332 e. The highest BCUT2D eigenvalue weighted by Gasteiger charge is 2.21. The van der Waals surface area contributed by atoms with Gasteiger partial charge in [0.05, 0.1) is 12.5 Å². The van der Waals surface area contributed by atoms with Gasteiger partial charge >= 0.3 is 11.9 Å². The van der Waals surface area contributed by atoms with Crippen molar-refractivity contribution in [3.63, 3.8) is 0 Å². The minimum absolute atomic E-state index is 0.00563. The monoisotopic (exact) mass is 307 g/mol. The Morgan fingerprint density at radius 3 is 2.10 bits per heavy atom. The van der Waals surface area contributed by atoms with Gasteiger partial charge in [-0.25, -0.2) is 4.79 Å². The van der Waals surface area contributed by atoms with Crippen LogP contribution in [0.3, 0.4) is 0 Å². The molecule has 0 rings (SSSR count). The molecule has 1 amide bonds. The van der Waals surface area contributed by atoms with Crippen LogP contribution in [-0.4, -0.2) is 56.8 Å². The summed E-state index contributed by atoms with van der Waals surface area (Å²) in [5, 5.41) is 28.2. The first-order chi connectivity index (χ1) is 9.27. The highest BCUT2D eigenvalue weighted by Crippen LogP contribution is 2.02. The van der Waals surface area contributed by atoms with E-state index in [9.17, 15) is 19.2 Å². The summed E-state index contributed by atoms with van der Waals surface area (Å²) in [6.45, 7) is 0. The van der Waals surface area contributed by atoms with Gasteiger partial charge in [0.15, 0.2) is 11.9 Å². The number of Topliss-reactive ketones (excluding diaryl/α,β-unsaturated/α-hetero) is 1. The van der Waals surface area contributed by atoms with E-state index in [4.69, 9.17) is 15.3 Å². The van der Waals surface area contributed by atoms with E-state index < -0.39 is 35.8 Å². The summed E-state index contributed by atoms with van der Waals surface area (Å²) in [6, 6.07) is -0.924. The lowest BCUT2D eigenvalue weighted by atomic mass is 10.1. The second kappa shape index (κ2) is 9.32. The molecule has 0 aromatic heterocycles. The van der Waals surface area contributed by atoms with Crippen LogP contribution >= 0.6 is 12.6 Å². The Balaban J connectivity index is 4.21. The maximum absolute atomic E-state index is 11.6. The number of rotatable bonds is 10. The largest absolute Gasteiger partial charge is 0.481 e. The number of nitrogens with one attached hydrogen (secondary N) is 1. The predicted octanol–water partition coefficient (Wildman–Crippen LogP) is -0.939. The fourth-order valence-electron chi connectivity index (χ4n) is 1.29. The van der Waals surface area contributed by atoms with E-state index in [0.29, 0.717) is 0 Å². The Morgan fingerprint density at radius 1 is 1.05 bits per heavy atom. The summed E-state index contributed by atoms with van der Waals surface area (Å²) in [4.78, 5) is 43.7. The Morgan fingerprint density at radius 2 is 1.65 bits per heavy atom. The Bertz CT molecular complexity index is 385. The van der Waals surface area contributed by atoms with Gasteiger partial charge in [-0.15, -0.1) is 0 Å². The minimum Gasteiger partial charge on any atom is -0.481 e. The second-order valence-corrected chi connectivity index (χ2v) is 4.42. The number of carboxylic acids is 2. The molecule has 0 saturated heterocycles. The van der Waals surface area contributed by atoms with Crippen molar-refractivity contribution in [2.45, 2.75) is 37.8 Å². The molecule has 0 aromatic carbocycles. The van der Waals surface area contributed by atoms with Gasteiger partial charge in [-0.3, -0.25) is 14.4 Å². The zero-order valence-electron chi connectivity index (χ0n) is 10.6. The molecule has 0 heterocycles. The number of ketones is 1. The molecule has 0 spiro atoms. The number of carboxylic acid groups (broad SMARTS) is 2. The second-order valence-electron chi connectivity index (χ2n) is 4.06. The number of amides is 1. The quantitative estimate of drug-likeness (QED) is 0.328. The van der Waals surface area contributed by atoms with Gasteiger partial charge in [-0.2, -0.15) is 12.6 Å². The number of hydrogen-bond acceptors (Lipinski definition) is 6. The molecule has 0 saturated carbocycles. The van der Waals surface area contributed by atoms with Gasteiger partial charge in [0, 0.05) is 18.6 Å². The molecule has 0 aliphatic heterocycles. The third-order valence-corrected chi connectivity index (χ3v) is 2.79. The van der Waals surface area contributed by atoms with Crippen LogP contribution in [0.15, 0.2) is 0 Å². The maximum atomic E-state index is 11.6. The van der Waals surface area contributed by atoms with Crippen molar-refractivity contribution in [2.75, 3.05) is 5.75 Å². The molecule has 2 atom stereocenters. The fourth-order valence-corrected chi connectivity index (χ4v) is 1.59. The Hall–Kier alpha value is -1.61. The molecule has 20 heavy (non-hydrogen) atoms. The first-order valence-electron chi connectivity index (χ1n) is 5.83. The Kier molecular flexibility index (Phi) is 8.57. The van der Waals surface area contributed by atoms with Crippen LogP contribution in [-0.2, 0) is 19.2 Å². The fraction of sp³-hybridized carbons (Fsp3) is 0.636.